The van der Waals surface area contributed by atoms with Gasteiger partial charge < -0.3 is 9.30 Å². The second kappa shape index (κ2) is 7.68. The van der Waals surface area contributed by atoms with Crippen molar-refractivity contribution in [3.8, 4) is 17.1 Å². The molecule has 3 rings (SSSR count). The molecule has 0 saturated heterocycles. The van der Waals surface area contributed by atoms with Crippen molar-refractivity contribution in [2.24, 2.45) is 14.1 Å². The number of imidazole rings is 1. The fourth-order valence-corrected chi connectivity index (χ4v) is 3.18. The molecule has 0 aliphatic heterocycles. The van der Waals surface area contributed by atoms with Gasteiger partial charge in [0, 0.05) is 30.9 Å². The number of aryl methyl sites for hydroxylation is 5. The SMILES string of the molecule is CCc1ncc(CCCOc2c(C)cc(-c3nnn(C)n3)cc2C)n1C. The summed E-state index contributed by atoms with van der Waals surface area (Å²) in [6.07, 6.45) is 4.84. The summed E-state index contributed by atoms with van der Waals surface area (Å²) >= 11 is 0. The van der Waals surface area contributed by atoms with E-state index in [2.05, 4.69) is 52.8 Å². The minimum Gasteiger partial charge on any atom is -0.493 e. The number of benzene rings is 1. The average molecular weight is 354 g/mol. The molecule has 0 radical (unpaired) electrons. The van der Waals surface area contributed by atoms with Gasteiger partial charge in [-0.15, -0.1) is 10.2 Å². The lowest BCUT2D eigenvalue weighted by Gasteiger charge is -2.13. The van der Waals surface area contributed by atoms with E-state index in [1.54, 1.807) is 7.05 Å². The molecule has 2 heterocycles. The Kier molecular flexibility index (Phi) is 5.35. The van der Waals surface area contributed by atoms with Crippen molar-refractivity contribution in [1.82, 2.24) is 29.8 Å². The third-order valence-electron chi connectivity index (χ3n) is 4.55. The zero-order valence-electron chi connectivity index (χ0n) is 16.2. The van der Waals surface area contributed by atoms with Crippen molar-refractivity contribution in [3.63, 3.8) is 0 Å². The zero-order chi connectivity index (χ0) is 18.7. The fraction of sp³-hybridized carbons (Fsp3) is 0.474. The predicted octanol–water partition coefficient (Wildman–Crippen LogP) is 2.80. The molecule has 7 nitrogen and oxygen atoms in total. The minimum atomic E-state index is 0.633. The first-order valence-corrected chi connectivity index (χ1v) is 8.97. The molecule has 7 heteroatoms. The van der Waals surface area contributed by atoms with Crippen LogP contribution in [0.2, 0.25) is 0 Å². The maximum Gasteiger partial charge on any atom is 0.204 e. The smallest absolute Gasteiger partial charge is 0.204 e. The van der Waals surface area contributed by atoms with Crippen LogP contribution in [-0.2, 0) is 26.9 Å². The van der Waals surface area contributed by atoms with E-state index >= 15 is 0 Å². The second-order valence-electron chi connectivity index (χ2n) is 6.57. The van der Waals surface area contributed by atoms with Crippen LogP contribution < -0.4 is 4.74 Å². The molecule has 0 fully saturated rings. The van der Waals surface area contributed by atoms with Gasteiger partial charge in [0.2, 0.25) is 5.82 Å². The molecule has 0 aliphatic carbocycles. The van der Waals surface area contributed by atoms with Crippen LogP contribution >= 0.6 is 0 Å². The van der Waals surface area contributed by atoms with Crippen molar-refractivity contribution in [1.29, 1.82) is 0 Å². The predicted molar refractivity (Wildman–Crippen MR) is 100 cm³/mol. The van der Waals surface area contributed by atoms with Gasteiger partial charge in [-0.2, -0.15) is 4.80 Å². The van der Waals surface area contributed by atoms with E-state index in [0.717, 1.165) is 47.5 Å². The Labute approximate surface area is 154 Å². The van der Waals surface area contributed by atoms with Crippen LogP contribution in [-0.4, -0.2) is 36.4 Å². The summed E-state index contributed by atoms with van der Waals surface area (Å²) < 4.78 is 8.25. The number of nitrogens with zero attached hydrogens (tertiary/aromatic N) is 6. The maximum absolute atomic E-state index is 6.07. The van der Waals surface area contributed by atoms with Crippen molar-refractivity contribution in [2.75, 3.05) is 6.61 Å². The largest absolute Gasteiger partial charge is 0.493 e. The van der Waals surface area contributed by atoms with Crippen molar-refractivity contribution >= 4 is 0 Å². The molecular formula is C19H26N6O. The van der Waals surface area contributed by atoms with Crippen LogP contribution in [0.5, 0.6) is 5.75 Å². The molecule has 0 saturated carbocycles. The number of hydrogen-bond acceptors (Lipinski definition) is 5. The van der Waals surface area contributed by atoms with Crippen molar-refractivity contribution in [2.45, 2.75) is 40.0 Å². The highest BCUT2D eigenvalue weighted by atomic mass is 16.5. The molecule has 26 heavy (non-hydrogen) atoms. The topological polar surface area (TPSA) is 70.7 Å². The van der Waals surface area contributed by atoms with Gasteiger partial charge in [0.15, 0.2) is 0 Å². The molecule has 138 valence electrons. The van der Waals surface area contributed by atoms with Gasteiger partial charge >= 0.3 is 0 Å². The average Bonchev–Trinajstić information content (AvgIpc) is 3.19. The fourth-order valence-electron chi connectivity index (χ4n) is 3.18. The van der Waals surface area contributed by atoms with Crippen LogP contribution in [0, 0.1) is 13.8 Å². The number of aromatic nitrogens is 6. The van der Waals surface area contributed by atoms with E-state index in [9.17, 15) is 0 Å². The zero-order valence-corrected chi connectivity index (χ0v) is 16.2. The van der Waals surface area contributed by atoms with Gasteiger partial charge in [-0.1, -0.05) is 6.92 Å². The van der Waals surface area contributed by atoms with E-state index < -0.39 is 0 Å². The molecule has 0 bridgehead atoms. The Morgan fingerprint density at radius 2 is 1.85 bits per heavy atom. The van der Waals surface area contributed by atoms with Crippen molar-refractivity contribution < 1.29 is 4.74 Å². The molecule has 1 aromatic carbocycles. The van der Waals surface area contributed by atoms with Gasteiger partial charge in [0.1, 0.15) is 11.6 Å². The highest BCUT2D eigenvalue weighted by molar-refractivity contribution is 5.60. The highest BCUT2D eigenvalue weighted by Crippen LogP contribution is 2.28. The maximum atomic E-state index is 6.07. The number of ether oxygens (including phenoxy) is 1. The summed E-state index contributed by atoms with van der Waals surface area (Å²) in [4.78, 5) is 5.91. The summed E-state index contributed by atoms with van der Waals surface area (Å²) in [5.74, 6) is 2.70. The Hall–Kier alpha value is -2.70. The van der Waals surface area contributed by atoms with E-state index in [-0.39, 0.29) is 0 Å². The van der Waals surface area contributed by atoms with E-state index in [1.807, 2.05) is 18.3 Å². The van der Waals surface area contributed by atoms with Gasteiger partial charge in [-0.25, -0.2) is 4.98 Å². The number of hydrogen-bond donors (Lipinski definition) is 0. The Morgan fingerprint density at radius 1 is 1.12 bits per heavy atom. The van der Waals surface area contributed by atoms with Crippen LogP contribution in [0.1, 0.15) is 36.0 Å². The first-order valence-electron chi connectivity index (χ1n) is 8.97. The lowest BCUT2D eigenvalue weighted by molar-refractivity contribution is 0.306. The summed E-state index contributed by atoms with van der Waals surface area (Å²) in [6, 6.07) is 4.10. The van der Waals surface area contributed by atoms with E-state index in [1.165, 1.54) is 10.5 Å². The molecule has 0 spiro atoms. The van der Waals surface area contributed by atoms with Crippen LogP contribution in [0.25, 0.3) is 11.4 Å². The van der Waals surface area contributed by atoms with E-state index in [4.69, 9.17) is 4.74 Å². The lowest BCUT2D eigenvalue weighted by Crippen LogP contribution is -2.05. The van der Waals surface area contributed by atoms with Crippen LogP contribution in [0.4, 0.5) is 0 Å². The Morgan fingerprint density at radius 3 is 2.42 bits per heavy atom. The normalized spacial score (nSPS) is 11.1. The first-order chi connectivity index (χ1) is 12.5. The molecular weight excluding hydrogens is 328 g/mol. The van der Waals surface area contributed by atoms with E-state index in [0.29, 0.717) is 12.4 Å². The summed E-state index contributed by atoms with van der Waals surface area (Å²) in [5, 5.41) is 12.2. The van der Waals surface area contributed by atoms with Crippen molar-refractivity contribution in [3.05, 3.63) is 41.0 Å². The van der Waals surface area contributed by atoms with Gasteiger partial charge in [0.25, 0.3) is 0 Å². The minimum absolute atomic E-state index is 0.633. The monoisotopic (exact) mass is 354 g/mol. The molecule has 0 N–H and O–H groups in total. The van der Waals surface area contributed by atoms with Gasteiger partial charge in [-0.3, -0.25) is 0 Å². The number of tetrazole rings is 1. The molecule has 2 aromatic heterocycles. The van der Waals surface area contributed by atoms with Gasteiger partial charge in [0.05, 0.1) is 13.7 Å². The third-order valence-corrected chi connectivity index (χ3v) is 4.55. The first kappa shape index (κ1) is 18.1. The molecule has 0 aliphatic rings. The quantitative estimate of drug-likeness (QED) is 0.610. The Bertz CT molecular complexity index is 872. The highest BCUT2D eigenvalue weighted by Gasteiger charge is 2.11. The molecule has 0 amide bonds. The summed E-state index contributed by atoms with van der Waals surface area (Å²) in [7, 11) is 3.84. The van der Waals surface area contributed by atoms with Crippen LogP contribution in [0.3, 0.4) is 0 Å². The molecule has 3 aromatic rings. The molecule has 0 atom stereocenters. The lowest BCUT2D eigenvalue weighted by atomic mass is 10.1. The number of rotatable bonds is 7. The third kappa shape index (κ3) is 3.76. The molecule has 0 unspecified atom stereocenters. The Balaban J connectivity index is 1.62. The standard InChI is InChI=1S/C19H26N6O/c1-6-17-20-12-16(24(17)4)8-7-9-26-18-13(2)10-15(11-14(18)3)19-21-23-25(5)22-19/h10-12H,6-9H2,1-5H3. The summed E-state index contributed by atoms with van der Waals surface area (Å²) in [6.45, 7) is 6.91. The summed E-state index contributed by atoms with van der Waals surface area (Å²) in [5.41, 5.74) is 4.38. The van der Waals surface area contributed by atoms with Crippen LogP contribution in [0.15, 0.2) is 18.3 Å². The van der Waals surface area contributed by atoms with Gasteiger partial charge in [-0.05, 0) is 55.2 Å². The second-order valence-corrected chi connectivity index (χ2v) is 6.57.